The molecule has 1 aliphatic rings. The molecule has 1 fully saturated rings. The molecule has 0 aliphatic heterocycles. The van der Waals surface area contributed by atoms with Crippen molar-refractivity contribution in [1.82, 2.24) is 0 Å². The number of unbranched alkanes of at least 4 members (excludes halogenated alkanes) is 10. The van der Waals surface area contributed by atoms with Crippen LogP contribution in [0.15, 0.2) is 60.8 Å². The van der Waals surface area contributed by atoms with Crippen molar-refractivity contribution in [3.8, 4) is 0 Å². The van der Waals surface area contributed by atoms with Crippen LogP contribution < -0.4 is 0 Å². The van der Waals surface area contributed by atoms with Gasteiger partial charge in [0, 0.05) is 25.2 Å². The lowest BCUT2D eigenvalue weighted by Crippen LogP contribution is -2.37. The number of aliphatic hydroxyl groups excluding tert-OH is 3. The smallest absolute Gasteiger partial charge is 0.462 e. The second kappa shape index (κ2) is 35.0. The lowest BCUT2D eigenvalue weighted by molar-refractivity contribution is -0.870. The molecule has 352 valence electrons. The number of aliphatic hydroxyl groups is 3. The summed E-state index contributed by atoms with van der Waals surface area (Å²) >= 11 is 0. The largest absolute Gasteiger partial charge is 0.472 e. The first-order chi connectivity index (χ1) is 29.2. The number of rotatable bonds is 37. The van der Waals surface area contributed by atoms with Crippen LogP contribution in [0.3, 0.4) is 0 Å². The number of nitrogens with zero attached hydrogens (tertiary/aromatic N) is 1. The van der Waals surface area contributed by atoms with Crippen LogP contribution in [0, 0.1) is 11.8 Å². The summed E-state index contributed by atoms with van der Waals surface area (Å²) in [6.07, 6.45) is 35.2. The number of carbonyl (C=O) groups is 2. The Hall–Kier alpha value is -2.41. The second-order valence-electron chi connectivity index (χ2n) is 17.4. The number of hydrogen-bond acceptors (Lipinski definition) is 10. The zero-order valence-corrected chi connectivity index (χ0v) is 39.4. The fourth-order valence-corrected chi connectivity index (χ4v) is 7.59. The van der Waals surface area contributed by atoms with E-state index in [9.17, 15) is 34.4 Å². The summed E-state index contributed by atoms with van der Waals surface area (Å²) in [5.74, 6) is -1.46. The highest BCUT2D eigenvalue weighted by molar-refractivity contribution is 7.47. The van der Waals surface area contributed by atoms with Gasteiger partial charge in [-0.25, -0.2) is 4.57 Å². The van der Waals surface area contributed by atoms with E-state index in [2.05, 4.69) is 44.2 Å². The van der Waals surface area contributed by atoms with E-state index >= 15 is 0 Å². The summed E-state index contributed by atoms with van der Waals surface area (Å²) in [5, 5.41) is 31.4. The SMILES string of the molecule is CCCCCCCC/C=C\C/C=C\C/C=C\CCCC(=O)O[C@H](COC(=O)CCC/C=C/C[C@@H]1[C@@H](/C=C/[C@@H](O)CCCCC)[C@H](O)C[C@@H]1O)COP(=O)(O)OCC[N+](C)(C)C. The third-order valence-electron chi connectivity index (χ3n) is 10.6. The number of phosphoric acid groups is 1. The molecule has 0 bridgehead atoms. The van der Waals surface area contributed by atoms with Gasteiger partial charge in [-0.15, -0.1) is 0 Å². The van der Waals surface area contributed by atoms with Crippen LogP contribution >= 0.6 is 7.82 Å². The number of likely N-dealkylation sites (N-methyl/N-ethyl adjacent to an activating group) is 1. The van der Waals surface area contributed by atoms with Gasteiger partial charge in [-0.1, -0.05) is 126 Å². The van der Waals surface area contributed by atoms with E-state index in [0.717, 1.165) is 38.5 Å². The molecule has 0 aromatic carbocycles. The van der Waals surface area contributed by atoms with Gasteiger partial charge < -0.3 is 34.2 Å². The first kappa shape index (κ1) is 56.6. The Morgan fingerprint density at radius 1 is 0.721 bits per heavy atom. The average molecular weight is 883 g/mol. The van der Waals surface area contributed by atoms with Crippen molar-refractivity contribution in [3.63, 3.8) is 0 Å². The lowest BCUT2D eigenvalue weighted by atomic mass is 9.89. The highest BCUT2D eigenvalue weighted by atomic mass is 31.2. The highest BCUT2D eigenvalue weighted by Gasteiger charge is 2.39. The van der Waals surface area contributed by atoms with Crippen molar-refractivity contribution in [2.75, 3.05) is 47.5 Å². The quantitative estimate of drug-likeness (QED) is 0.0154. The molecule has 0 saturated heterocycles. The predicted molar refractivity (Wildman–Crippen MR) is 244 cm³/mol. The van der Waals surface area contributed by atoms with Gasteiger partial charge in [-0.2, -0.15) is 0 Å². The van der Waals surface area contributed by atoms with Gasteiger partial charge in [-0.3, -0.25) is 18.6 Å². The van der Waals surface area contributed by atoms with Crippen molar-refractivity contribution >= 4 is 19.8 Å². The van der Waals surface area contributed by atoms with E-state index in [4.69, 9.17) is 18.5 Å². The van der Waals surface area contributed by atoms with Crippen LogP contribution in [0.25, 0.3) is 0 Å². The molecule has 0 aromatic heterocycles. The minimum absolute atomic E-state index is 0.0189. The molecule has 1 aliphatic carbocycles. The molecule has 0 amide bonds. The summed E-state index contributed by atoms with van der Waals surface area (Å²) in [5.41, 5.74) is 0. The van der Waals surface area contributed by atoms with Crippen LogP contribution in [0.4, 0.5) is 0 Å². The Bertz CT molecular complexity index is 1340. The molecular weight excluding hydrogens is 797 g/mol. The maximum atomic E-state index is 12.7. The minimum atomic E-state index is -4.45. The van der Waals surface area contributed by atoms with Gasteiger partial charge in [0.05, 0.1) is 46.1 Å². The maximum absolute atomic E-state index is 12.7. The van der Waals surface area contributed by atoms with Gasteiger partial charge in [0.25, 0.3) is 0 Å². The van der Waals surface area contributed by atoms with Crippen molar-refractivity contribution in [1.29, 1.82) is 0 Å². The third kappa shape index (κ3) is 32.0. The van der Waals surface area contributed by atoms with Crippen LogP contribution in [-0.2, 0) is 32.7 Å². The standard InChI is InChI=1S/C48H84NO11P/c1-6-8-10-11-12-13-14-15-16-17-18-19-20-21-22-23-29-33-48(54)60-42(40-59-61(55,56)58-37-36-49(3,4)5)39-57-47(53)32-28-25-24-27-31-43-44(46(52)38-45(43)51)35-34-41(50)30-26-9-7-2/h15-16,18-19,21-22,24,27,34-35,41-46,50-52H,6-14,17,20,23,25-26,28-33,36-40H2,1-5H3/p+1/b16-15-,19-18-,22-21-,27-24+,35-34+/t41-,42+,43+,44+,45-,46+/m0/s1. The summed E-state index contributed by atoms with van der Waals surface area (Å²) < 4.78 is 34.2. The first-order valence-corrected chi connectivity index (χ1v) is 24.8. The number of carbonyl (C=O) groups excluding carboxylic acids is 2. The number of ether oxygens (including phenoxy) is 2. The van der Waals surface area contributed by atoms with E-state index in [1.165, 1.54) is 38.5 Å². The number of quaternary nitrogens is 1. The molecule has 13 heteroatoms. The van der Waals surface area contributed by atoms with E-state index in [0.29, 0.717) is 56.0 Å². The summed E-state index contributed by atoms with van der Waals surface area (Å²) in [6.45, 7) is 3.97. The fraction of sp³-hybridized carbons (Fsp3) is 0.750. The van der Waals surface area contributed by atoms with E-state index < -0.39 is 50.8 Å². The Balaban J connectivity index is 2.53. The zero-order chi connectivity index (χ0) is 45.2. The Labute approximate surface area is 369 Å². The molecular formula is C48H85NO11P+. The molecule has 61 heavy (non-hydrogen) atoms. The van der Waals surface area contributed by atoms with Crippen LogP contribution in [-0.4, -0.2) is 109 Å². The predicted octanol–water partition coefficient (Wildman–Crippen LogP) is 9.62. The van der Waals surface area contributed by atoms with Gasteiger partial charge in [-0.05, 0) is 70.1 Å². The Kier molecular flexibility index (Phi) is 32.5. The number of allylic oxidation sites excluding steroid dienone is 8. The highest BCUT2D eigenvalue weighted by Crippen LogP contribution is 2.43. The van der Waals surface area contributed by atoms with E-state index in [-0.39, 0.29) is 37.9 Å². The molecule has 0 radical (unpaired) electrons. The third-order valence-corrected chi connectivity index (χ3v) is 11.6. The lowest BCUT2D eigenvalue weighted by Gasteiger charge is -2.24. The summed E-state index contributed by atoms with van der Waals surface area (Å²) in [4.78, 5) is 35.6. The van der Waals surface area contributed by atoms with Crippen LogP contribution in [0.1, 0.15) is 149 Å². The minimum Gasteiger partial charge on any atom is -0.462 e. The molecule has 0 spiro atoms. The summed E-state index contributed by atoms with van der Waals surface area (Å²) in [6, 6.07) is 0. The van der Waals surface area contributed by atoms with Gasteiger partial charge in [0.1, 0.15) is 19.8 Å². The van der Waals surface area contributed by atoms with Crippen molar-refractivity contribution < 1.29 is 57.4 Å². The number of phosphoric ester groups is 1. The Morgan fingerprint density at radius 3 is 1.95 bits per heavy atom. The monoisotopic (exact) mass is 883 g/mol. The molecule has 1 rings (SSSR count). The molecule has 7 atom stereocenters. The van der Waals surface area contributed by atoms with E-state index in [1.807, 2.05) is 45.4 Å². The van der Waals surface area contributed by atoms with Gasteiger partial charge in [0.15, 0.2) is 6.10 Å². The fourth-order valence-electron chi connectivity index (χ4n) is 6.85. The maximum Gasteiger partial charge on any atom is 0.472 e. The first-order valence-electron chi connectivity index (χ1n) is 23.3. The number of hydrogen-bond donors (Lipinski definition) is 4. The molecule has 4 N–H and O–H groups in total. The average Bonchev–Trinajstić information content (AvgIpc) is 3.47. The van der Waals surface area contributed by atoms with Crippen molar-refractivity contribution in [3.05, 3.63) is 60.8 Å². The summed E-state index contributed by atoms with van der Waals surface area (Å²) in [7, 11) is 1.31. The normalized spacial score (nSPS) is 20.7. The molecule has 0 aromatic rings. The van der Waals surface area contributed by atoms with Crippen molar-refractivity contribution in [2.24, 2.45) is 11.8 Å². The van der Waals surface area contributed by atoms with Crippen molar-refractivity contribution in [2.45, 2.75) is 173 Å². The van der Waals surface area contributed by atoms with Gasteiger partial charge in [0.2, 0.25) is 0 Å². The molecule has 1 saturated carbocycles. The molecule has 12 nitrogen and oxygen atoms in total. The second-order valence-corrected chi connectivity index (χ2v) is 18.9. The number of esters is 2. The molecule has 0 heterocycles. The Morgan fingerprint density at radius 2 is 1.30 bits per heavy atom. The molecule has 1 unspecified atom stereocenters. The topological polar surface area (TPSA) is 169 Å². The van der Waals surface area contributed by atoms with Crippen LogP contribution in [0.2, 0.25) is 0 Å². The van der Waals surface area contributed by atoms with Crippen LogP contribution in [0.5, 0.6) is 0 Å². The zero-order valence-electron chi connectivity index (χ0n) is 38.5. The van der Waals surface area contributed by atoms with E-state index in [1.54, 1.807) is 6.08 Å². The van der Waals surface area contributed by atoms with Gasteiger partial charge >= 0.3 is 19.8 Å².